The fourth-order valence-corrected chi connectivity index (χ4v) is 2.49. The number of nitrogens with one attached hydrogen (secondary N) is 2. The molecule has 0 aromatic carbocycles. The second-order valence-corrected chi connectivity index (χ2v) is 5.70. The number of imidazole rings is 1. The standard InChI is InChI=1S/C18H29N5/c1-3-5-6-8-12-20-18(19-4-2)21-13-11-16-15-23-14-9-7-10-17(23)22-16/h7,9-10,14-15H,3-6,8,11-13H2,1-2H3,(H2,19,20,21). The van der Waals surface area contributed by atoms with Crippen LogP contribution < -0.4 is 10.6 Å². The lowest BCUT2D eigenvalue weighted by Gasteiger charge is -2.10. The Morgan fingerprint density at radius 3 is 2.87 bits per heavy atom. The van der Waals surface area contributed by atoms with Crippen LogP contribution in [0.2, 0.25) is 0 Å². The summed E-state index contributed by atoms with van der Waals surface area (Å²) in [6.45, 7) is 6.94. The summed E-state index contributed by atoms with van der Waals surface area (Å²) in [5.74, 6) is 0.910. The third-order valence-electron chi connectivity index (χ3n) is 3.71. The Morgan fingerprint density at radius 1 is 1.17 bits per heavy atom. The first kappa shape index (κ1) is 17.3. The fourth-order valence-electron chi connectivity index (χ4n) is 2.49. The average Bonchev–Trinajstić information content (AvgIpc) is 2.97. The number of aliphatic imine (C=N–C) groups is 1. The molecule has 0 atom stereocenters. The number of pyridine rings is 1. The van der Waals surface area contributed by atoms with Gasteiger partial charge in [-0.1, -0.05) is 32.3 Å². The Kier molecular flexibility index (Phi) is 7.43. The van der Waals surface area contributed by atoms with Crippen LogP contribution in [0.1, 0.15) is 45.2 Å². The van der Waals surface area contributed by atoms with Gasteiger partial charge in [0.05, 0.1) is 5.69 Å². The minimum atomic E-state index is 0.838. The van der Waals surface area contributed by atoms with Crippen molar-refractivity contribution < 1.29 is 0 Å². The molecule has 5 heteroatoms. The van der Waals surface area contributed by atoms with Crippen molar-refractivity contribution in [2.24, 2.45) is 4.99 Å². The molecule has 0 aliphatic heterocycles. The van der Waals surface area contributed by atoms with Gasteiger partial charge < -0.3 is 15.0 Å². The molecular formula is C18H29N5. The summed E-state index contributed by atoms with van der Waals surface area (Å²) in [6, 6.07) is 6.06. The third-order valence-corrected chi connectivity index (χ3v) is 3.71. The van der Waals surface area contributed by atoms with Gasteiger partial charge in [-0.2, -0.15) is 0 Å². The minimum Gasteiger partial charge on any atom is -0.357 e. The van der Waals surface area contributed by atoms with Gasteiger partial charge in [0.1, 0.15) is 5.65 Å². The Balaban J connectivity index is 1.77. The molecule has 0 saturated carbocycles. The summed E-state index contributed by atoms with van der Waals surface area (Å²) >= 11 is 0. The molecule has 0 unspecified atom stereocenters. The Labute approximate surface area is 139 Å². The predicted molar refractivity (Wildman–Crippen MR) is 97.0 cm³/mol. The van der Waals surface area contributed by atoms with E-state index in [0.717, 1.165) is 49.8 Å². The number of aromatic nitrogens is 2. The summed E-state index contributed by atoms with van der Waals surface area (Å²) in [5.41, 5.74) is 2.10. The molecule has 126 valence electrons. The van der Waals surface area contributed by atoms with Gasteiger partial charge in [-0.15, -0.1) is 0 Å². The molecule has 0 bridgehead atoms. The van der Waals surface area contributed by atoms with Gasteiger partial charge in [0.15, 0.2) is 5.96 Å². The summed E-state index contributed by atoms with van der Waals surface area (Å²) in [7, 11) is 0. The molecule has 2 rings (SSSR count). The highest BCUT2D eigenvalue weighted by molar-refractivity contribution is 5.79. The molecule has 2 heterocycles. The van der Waals surface area contributed by atoms with Crippen molar-refractivity contribution in [1.29, 1.82) is 0 Å². The molecule has 0 amide bonds. The van der Waals surface area contributed by atoms with Crippen molar-refractivity contribution in [3.8, 4) is 0 Å². The summed E-state index contributed by atoms with van der Waals surface area (Å²) in [5, 5.41) is 6.69. The van der Waals surface area contributed by atoms with Crippen LogP contribution in [0.5, 0.6) is 0 Å². The molecule has 2 aromatic heterocycles. The highest BCUT2D eigenvalue weighted by atomic mass is 15.2. The van der Waals surface area contributed by atoms with Crippen LogP contribution in [0.3, 0.4) is 0 Å². The van der Waals surface area contributed by atoms with E-state index in [1.54, 1.807) is 0 Å². The van der Waals surface area contributed by atoms with Crippen LogP contribution in [0.15, 0.2) is 35.6 Å². The smallest absolute Gasteiger partial charge is 0.191 e. The van der Waals surface area contributed by atoms with E-state index in [0.29, 0.717) is 0 Å². The van der Waals surface area contributed by atoms with Crippen LogP contribution in [0.25, 0.3) is 5.65 Å². The van der Waals surface area contributed by atoms with Crippen LogP contribution >= 0.6 is 0 Å². The first-order valence-electron chi connectivity index (χ1n) is 8.78. The van der Waals surface area contributed by atoms with Crippen LogP contribution in [0, 0.1) is 0 Å². The van der Waals surface area contributed by atoms with Crippen molar-refractivity contribution in [2.75, 3.05) is 19.6 Å². The molecule has 0 aliphatic rings. The molecule has 2 aromatic rings. The van der Waals surface area contributed by atoms with Crippen molar-refractivity contribution in [3.63, 3.8) is 0 Å². The lowest BCUT2D eigenvalue weighted by molar-refractivity contribution is 0.670. The quantitative estimate of drug-likeness (QED) is 0.425. The van der Waals surface area contributed by atoms with Crippen molar-refractivity contribution in [3.05, 3.63) is 36.3 Å². The zero-order valence-electron chi connectivity index (χ0n) is 14.4. The summed E-state index contributed by atoms with van der Waals surface area (Å²) < 4.78 is 2.06. The fraction of sp³-hybridized carbons (Fsp3) is 0.556. The largest absolute Gasteiger partial charge is 0.357 e. The first-order chi connectivity index (χ1) is 11.3. The molecule has 0 fully saturated rings. The van der Waals surface area contributed by atoms with Gasteiger partial charge in [-0.05, 0) is 25.5 Å². The van der Waals surface area contributed by atoms with Gasteiger partial charge in [0, 0.05) is 38.4 Å². The summed E-state index contributed by atoms with van der Waals surface area (Å²) in [6.07, 6.45) is 10.0. The van der Waals surface area contributed by atoms with Gasteiger partial charge in [0.2, 0.25) is 0 Å². The van der Waals surface area contributed by atoms with Crippen LogP contribution in [0.4, 0.5) is 0 Å². The van der Waals surface area contributed by atoms with E-state index in [1.807, 2.05) is 24.4 Å². The Hall–Kier alpha value is -2.04. The highest BCUT2D eigenvalue weighted by Gasteiger charge is 2.02. The number of hydrogen-bond donors (Lipinski definition) is 2. The zero-order chi connectivity index (χ0) is 16.3. The van der Waals surface area contributed by atoms with E-state index < -0.39 is 0 Å². The van der Waals surface area contributed by atoms with Crippen LogP contribution in [-0.4, -0.2) is 35.0 Å². The second-order valence-electron chi connectivity index (χ2n) is 5.70. The predicted octanol–water partition coefficient (Wildman–Crippen LogP) is 3.01. The second kappa shape index (κ2) is 9.87. The van der Waals surface area contributed by atoms with Gasteiger partial charge in [-0.25, -0.2) is 4.98 Å². The van der Waals surface area contributed by atoms with Crippen molar-refractivity contribution in [2.45, 2.75) is 46.0 Å². The number of rotatable bonds is 9. The number of unbranched alkanes of at least 4 members (excludes halogenated alkanes) is 3. The lowest BCUT2D eigenvalue weighted by Crippen LogP contribution is -2.38. The molecule has 0 spiro atoms. The molecule has 5 nitrogen and oxygen atoms in total. The molecule has 0 saturated heterocycles. The third kappa shape index (κ3) is 5.93. The van der Waals surface area contributed by atoms with E-state index >= 15 is 0 Å². The normalized spacial score (nSPS) is 11.8. The monoisotopic (exact) mass is 315 g/mol. The van der Waals surface area contributed by atoms with Gasteiger partial charge in [0.25, 0.3) is 0 Å². The van der Waals surface area contributed by atoms with Crippen LogP contribution in [-0.2, 0) is 6.42 Å². The van der Waals surface area contributed by atoms with E-state index in [1.165, 1.54) is 19.3 Å². The van der Waals surface area contributed by atoms with Gasteiger partial charge in [-0.3, -0.25) is 4.99 Å². The van der Waals surface area contributed by atoms with E-state index in [-0.39, 0.29) is 0 Å². The van der Waals surface area contributed by atoms with E-state index in [4.69, 9.17) is 0 Å². The highest BCUT2D eigenvalue weighted by Crippen LogP contribution is 2.04. The topological polar surface area (TPSA) is 53.7 Å². The molecule has 0 radical (unpaired) electrons. The zero-order valence-corrected chi connectivity index (χ0v) is 14.4. The number of hydrogen-bond acceptors (Lipinski definition) is 2. The Bertz CT molecular complexity index is 569. The maximum Gasteiger partial charge on any atom is 0.191 e. The van der Waals surface area contributed by atoms with Gasteiger partial charge >= 0.3 is 0 Å². The first-order valence-corrected chi connectivity index (χ1v) is 8.78. The van der Waals surface area contributed by atoms with E-state index in [2.05, 4.69) is 45.1 Å². The maximum absolute atomic E-state index is 4.63. The van der Waals surface area contributed by atoms with Crippen molar-refractivity contribution >= 4 is 11.6 Å². The Morgan fingerprint density at radius 2 is 2.09 bits per heavy atom. The number of guanidine groups is 1. The average molecular weight is 315 g/mol. The maximum atomic E-state index is 4.63. The molecule has 2 N–H and O–H groups in total. The SMILES string of the molecule is CCCCCCN=C(NCC)NCCc1cn2ccccc2n1. The number of nitrogens with zero attached hydrogens (tertiary/aromatic N) is 3. The molecule has 23 heavy (non-hydrogen) atoms. The molecule has 0 aliphatic carbocycles. The van der Waals surface area contributed by atoms with Crippen molar-refractivity contribution in [1.82, 2.24) is 20.0 Å². The number of fused-ring (bicyclic) bond motifs is 1. The summed E-state index contributed by atoms with van der Waals surface area (Å²) in [4.78, 5) is 9.24. The molecular weight excluding hydrogens is 286 g/mol. The lowest BCUT2D eigenvalue weighted by atomic mass is 10.2. The minimum absolute atomic E-state index is 0.838. The van der Waals surface area contributed by atoms with E-state index in [9.17, 15) is 0 Å².